The van der Waals surface area contributed by atoms with Crippen LogP contribution in [0.1, 0.15) is 32.6 Å². The lowest BCUT2D eigenvalue weighted by molar-refractivity contribution is -0.133. The summed E-state index contributed by atoms with van der Waals surface area (Å²) in [5.41, 5.74) is 5.21. The molecule has 1 rings (SSSR count). The summed E-state index contributed by atoms with van der Waals surface area (Å²) in [5, 5.41) is 0.0577. The molecular weight excluding hydrogens is 236 g/mol. The second-order valence-electron chi connectivity index (χ2n) is 4.60. The van der Waals surface area contributed by atoms with Gasteiger partial charge in [-0.3, -0.25) is 9.59 Å². The van der Waals surface area contributed by atoms with Crippen molar-refractivity contribution >= 4 is 23.6 Å². The zero-order chi connectivity index (χ0) is 12.8. The summed E-state index contributed by atoms with van der Waals surface area (Å²) >= 11 is 1.60. The highest BCUT2D eigenvalue weighted by Gasteiger charge is 2.28. The van der Waals surface area contributed by atoms with Gasteiger partial charge in [-0.25, -0.2) is 0 Å². The minimum Gasteiger partial charge on any atom is -0.370 e. The molecular formula is C12H22N2O2S. The number of thioether (sulfide) groups is 1. The first kappa shape index (κ1) is 14.4. The minimum absolute atomic E-state index is 0.0577. The van der Waals surface area contributed by atoms with Gasteiger partial charge >= 0.3 is 0 Å². The summed E-state index contributed by atoms with van der Waals surface area (Å²) in [5.74, 6) is 0.208. The van der Waals surface area contributed by atoms with E-state index in [1.54, 1.807) is 11.8 Å². The summed E-state index contributed by atoms with van der Waals surface area (Å²) in [4.78, 5) is 25.0. The van der Waals surface area contributed by atoms with Crippen molar-refractivity contribution in [2.75, 3.05) is 19.3 Å². The Morgan fingerprint density at radius 1 is 1.53 bits per heavy atom. The summed E-state index contributed by atoms with van der Waals surface area (Å²) in [6, 6.07) is 0. The molecule has 1 aliphatic heterocycles. The van der Waals surface area contributed by atoms with Crippen LogP contribution in [0.25, 0.3) is 0 Å². The molecule has 0 aliphatic carbocycles. The predicted molar refractivity (Wildman–Crippen MR) is 70.7 cm³/mol. The van der Waals surface area contributed by atoms with Crippen molar-refractivity contribution in [3.05, 3.63) is 0 Å². The lowest BCUT2D eigenvalue weighted by Crippen LogP contribution is -2.44. The van der Waals surface area contributed by atoms with E-state index in [9.17, 15) is 9.59 Å². The van der Waals surface area contributed by atoms with Crippen LogP contribution < -0.4 is 5.73 Å². The van der Waals surface area contributed by atoms with Crippen LogP contribution in [0.2, 0.25) is 0 Å². The number of nitrogens with zero attached hydrogens (tertiary/aromatic N) is 1. The standard InChI is InChI=1S/C12H22N2O2S/c1-3-10(17-2)12(16)14-6-4-5-9(8-14)7-11(13)15/h9-10H,3-8H2,1-2H3,(H2,13,15)/t9-,10+/m0/s1. The van der Waals surface area contributed by atoms with Gasteiger partial charge in [-0.05, 0) is 31.4 Å². The van der Waals surface area contributed by atoms with Crippen LogP contribution in [0.5, 0.6) is 0 Å². The van der Waals surface area contributed by atoms with Crippen LogP contribution in [0.3, 0.4) is 0 Å². The molecule has 0 aromatic carbocycles. The lowest BCUT2D eigenvalue weighted by Gasteiger charge is -2.34. The smallest absolute Gasteiger partial charge is 0.235 e. The third-order valence-electron chi connectivity index (χ3n) is 3.25. The molecule has 0 spiro atoms. The minimum atomic E-state index is -0.263. The molecule has 0 saturated carbocycles. The molecule has 1 saturated heterocycles. The molecule has 2 atom stereocenters. The van der Waals surface area contributed by atoms with Crippen LogP contribution >= 0.6 is 11.8 Å². The Labute approximate surface area is 107 Å². The molecule has 5 heteroatoms. The number of hydrogen-bond acceptors (Lipinski definition) is 3. The summed E-state index contributed by atoms with van der Waals surface area (Å²) in [7, 11) is 0. The molecule has 98 valence electrons. The quantitative estimate of drug-likeness (QED) is 0.807. The first-order valence-corrected chi connectivity index (χ1v) is 7.47. The van der Waals surface area contributed by atoms with Crippen molar-refractivity contribution in [2.24, 2.45) is 11.7 Å². The highest BCUT2D eigenvalue weighted by molar-refractivity contribution is 7.99. The lowest BCUT2D eigenvalue weighted by atomic mass is 9.94. The van der Waals surface area contributed by atoms with Gasteiger partial charge in [0, 0.05) is 19.5 Å². The van der Waals surface area contributed by atoms with Gasteiger partial charge in [-0.15, -0.1) is 0 Å². The van der Waals surface area contributed by atoms with Crippen molar-refractivity contribution in [1.29, 1.82) is 0 Å². The first-order valence-electron chi connectivity index (χ1n) is 6.18. The van der Waals surface area contributed by atoms with Gasteiger partial charge in [-0.2, -0.15) is 11.8 Å². The Morgan fingerprint density at radius 2 is 2.24 bits per heavy atom. The monoisotopic (exact) mass is 258 g/mol. The van der Waals surface area contributed by atoms with E-state index in [0.717, 1.165) is 25.8 Å². The van der Waals surface area contributed by atoms with Gasteiger partial charge in [0.1, 0.15) is 0 Å². The molecule has 1 heterocycles. The molecule has 17 heavy (non-hydrogen) atoms. The largest absolute Gasteiger partial charge is 0.370 e. The molecule has 1 fully saturated rings. The number of nitrogens with two attached hydrogens (primary N) is 1. The predicted octanol–water partition coefficient (Wildman–Crippen LogP) is 1.24. The third-order valence-corrected chi connectivity index (χ3v) is 4.36. The summed E-state index contributed by atoms with van der Waals surface area (Å²) in [6.45, 7) is 3.55. The van der Waals surface area contributed by atoms with Crippen LogP contribution in [-0.4, -0.2) is 41.3 Å². The fraction of sp³-hybridized carbons (Fsp3) is 0.833. The Bertz CT molecular complexity index is 280. The molecule has 0 radical (unpaired) electrons. The maximum Gasteiger partial charge on any atom is 0.235 e. The molecule has 1 aliphatic rings. The Hall–Kier alpha value is -0.710. The van der Waals surface area contributed by atoms with E-state index in [1.165, 1.54) is 0 Å². The molecule has 0 aromatic heterocycles. The zero-order valence-electron chi connectivity index (χ0n) is 10.6. The number of primary amides is 1. The number of hydrogen-bond donors (Lipinski definition) is 1. The average molecular weight is 258 g/mol. The van der Waals surface area contributed by atoms with E-state index in [-0.39, 0.29) is 23.0 Å². The maximum atomic E-state index is 12.2. The average Bonchev–Trinajstić information content (AvgIpc) is 2.30. The van der Waals surface area contributed by atoms with Gasteiger partial charge in [0.15, 0.2) is 0 Å². The van der Waals surface area contributed by atoms with Crippen molar-refractivity contribution in [2.45, 2.75) is 37.9 Å². The zero-order valence-corrected chi connectivity index (χ0v) is 11.5. The second kappa shape index (κ2) is 6.89. The molecule has 4 nitrogen and oxygen atoms in total. The van der Waals surface area contributed by atoms with E-state index in [2.05, 4.69) is 0 Å². The van der Waals surface area contributed by atoms with E-state index in [4.69, 9.17) is 5.73 Å². The van der Waals surface area contributed by atoms with Gasteiger partial charge in [0.05, 0.1) is 5.25 Å². The van der Waals surface area contributed by atoms with Gasteiger partial charge < -0.3 is 10.6 Å². The number of piperidine rings is 1. The summed E-state index contributed by atoms with van der Waals surface area (Å²) < 4.78 is 0. The van der Waals surface area contributed by atoms with Gasteiger partial charge in [-0.1, -0.05) is 6.92 Å². The van der Waals surface area contributed by atoms with Crippen molar-refractivity contribution in [3.63, 3.8) is 0 Å². The number of rotatable bonds is 5. The van der Waals surface area contributed by atoms with Gasteiger partial charge in [0.25, 0.3) is 0 Å². The number of amides is 2. The molecule has 0 bridgehead atoms. The highest BCUT2D eigenvalue weighted by atomic mass is 32.2. The molecule has 0 aromatic rings. The number of carbonyl (C=O) groups excluding carboxylic acids is 2. The van der Waals surface area contributed by atoms with E-state index >= 15 is 0 Å². The molecule has 2 N–H and O–H groups in total. The topological polar surface area (TPSA) is 63.4 Å². The van der Waals surface area contributed by atoms with Crippen molar-refractivity contribution < 1.29 is 9.59 Å². The second-order valence-corrected chi connectivity index (χ2v) is 5.64. The third kappa shape index (κ3) is 4.22. The van der Waals surface area contributed by atoms with Crippen LogP contribution in [-0.2, 0) is 9.59 Å². The Kier molecular flexibility index (Phi) is 5.82. The van der Waals surface area contributed by atoms with Crippen molar-refractivity contribution in [3.8, 4) is 0 Å². The van der Waals surface area contributed by atoms with E-state index < -0.39 is 0 Å². The van der Waals surface area contributed by atoms with Crippen LogP contribution in [0.15, 0.2) is 0 Å². The molecule has 0 unspecified atom stereocenters. The summed E-state index contributed by atoms with van der Waals surface area (Å²) in [6.07, 6.45) is 5.21. The Morgan fingerprint density at radius 3 is 2.76 bits per heavy atom. The van der Waals surface area contributed by atoms with Crippen LogP contribution in [0.4, 0.5) is 0 Å². The van der Waals surface area contributed by atoms with Crippen molar-refractivity contribution in [1.82, 2.24) is 4.90 Å². The number of carbonyl (C=O) groups is 2. The highest BCUT2D eigenvalue weighted by Crippen LogP contribution is 2.22. The fourth-order valence-electron chi connectivity index (χ4n) is 2.36. The number of likely N-dealkylation sites (tertiary alicyclic amines) is 1. The van der Waals surface area contributed by atoms with E-state index in [0.29, 0.717) is 13.0 Å². The first-order chi connectivity index (χ1) is 8.08. The normalized spacial score (nSPS) is 22.2. The molecule has 2 amide bonds. The van der Waals surface area contributed by atoms with Gasteiger partial charge in [0.2, 0.25) is 11.8 Å². The maximum absolute atomic E-state index is 12.2. The Balaban J connectivity index is 2.53. The van der Waals surface area contributed by atoms with E-state index in [1.807, 2.05) is 18.1 Å². The SMILES string of the molecule is CC[C@@H](SC)C(=O)N1CCC[C@@H](CC(N)=O)C1. The fourth-order valence-corrected chi connectivity index (χ4v) is 3.05. The van der Waals surface area contributed by atoms with Crippen LogP contribution in [0, 0.1) is 5.92 Å².